The third kappa shape index (κ3) is 5.28. The van der Waals surface area contributed by atoms with Crippen molar-refractivity contribution in [3.8, 4) is 0 Å². The second kappa shape index (κ2) is 8.46. The fourth-order valence-corrected chi connectivity index (χ4v) is 2.09. The van der Waals surface area contributed by atoms with Crippen LogP contribution in [0, 0.1) is 0 Å². The highest BCUT2D eigenvalue weighted by molar-refractivity contribution is 6.59. The maximum absolute atomic E-state index is 11.9. The number of halogens is 2. The van der Waals surface area contributed by atoms with E-state index in [0.29, 0.717) is 0 Å². The van der Waals surface area contributed by atoms with Crippen LogP contribution in [0.5, 0.6) is 0 Å². The summed E-state index contributed by atoms with van der Waals surface area (Å²) in [5, 5.41) is 9.99. The monoisotopic (exact) mass is 314 g/mol. The zero-order valence-corrected chi connectivity index (χ0v) is 13.1. The molecule has 0 radical (unpaired) electrons. The molecule has 1 unspecified atom stereocenters. The van der Waals surface area contributed by atoms with Gasteiger partial charge in [0.25, 0.3) is 0 Å². The Bertz CT molecular complexity index is 441. The number of carbonyl (C=O) groups is 1. The average molecular weight is 315 g/mol. The van der Waals surface area contributed by atoms with E-state index < -0.39 is 10.4 Å². The molecule has 0 spiro atoms. The van der Waals surface area contributed by atoms with Crippen LogP contribution >= 0.6 is 23.2 Å². The predicted octanol–water partition coefficient (Wildman–Crippen LogP) is 4.38. The fourth-order valence-electron chi connectivity index (χ4n) is 1.75. The van der Waals surface area contributed by atoms with Crippen LogP contribution < -0.4 is 0 Å². The zero-order chi connectivity index (χ0) is 15.0. The van der Waals surface area contributed by atoms with Crippen LogP contribution in [0.3, 0.4) is 0 Å². The molecule has 1 rings (SSSR count). The van der Waals surface area contributed by atoms with Crippen LogP contribution in [0.15, 0.2) is 36.4 Å². The largest absolute Gasteiger partial charge is 0.385 e. The molecular formula is C16H20Cl2O2. The number of benzene rings is 1. The molecule has 0 bridgehead atoms. The van der Waals surface area contributed by atoms with Crippen molar-refractivity contribution in [2.75, 3.05) is 0 Å². The minimum atomic E-state index is -1.78. The molecule has 0 fully saturated rings. The maximum Gasteiger partial charge on any atom is 0.204 e. The zero-order valence-electron chi connectivity index (χ0n) is 11.6. The molecule has 4 heteroatoms. The van der Waals surface area contributed by atoms with E-state index in [2.05, 4.69) is 6.92 Å². The molecule has 0 amide bonds. The van der Waals surface area contributed by atoms with Gasteiger partial charge in [0.2, 0.25) is 4.33 Å². The number of unbranched alkanes of at least 4 members (excludes halogenated alkanes) is 2. The SMILES string of the molecule is CCCCCC(=O)C(Cl)(Cl)C(O)/C=C/c1ccccc1. The summed E-state index contributed by atoms with van der Waals surface area (Å²) in [4.78, 5) is 11.9. The second-order valence-electron chi connectivity index (χ2n) is 4.72. The molecule has 1 aromatic rings. The average Bonchev–Trinajstić information content (AvgIpc) is 2.45. The Morgan fingerprint density at radius 1 is 1.30 bits per heavy atom. The molecule has 2 nitrogen and oxygen atoms in total. The Morgan fingerprint density at radius 2 is 1.95 bits per heavy atom. The number of Topliss-reactive ketones (excluding diaryl/α,β-unsaturated/α-hetero) is 1. The topological polar surface area (TPSA) is 37.3 Å². The maximum atomic E-state index is 11.9. The standard InChI is InChI=1S/C16H20Cl2O2/c1-2-3-5-10-14(19)16(17,18)15(20)12-11-13-8-6-4-7-9-13/h4,6-9,11-12,15,20H,2-3,5,10H2,1H3/b12-11+. The van der Waals surface area contributed by atoms with E-state index in [1.54, 1.807) is 6.08 Å². The van der Waals surface area contributed by atoms with Crippen molar-refractivity contribution in [3.05, 3.63) is 42.0 Å². The highest BCUT2D eigenvalue weighted by atomic mass is 35.5. The molecule has 0 aliphatic heterocycles. The third-order valence-corrected chi connectivity index (χ3v) is 3.89. The lowest BCUT2D eigenvalue weighted by molar-refractivity contribution is -0.121. The van der Waals surface area contributed by atoms with E-state index in [1.165, 1.54) is 6.08 Å². The van der Waals surface area contributed by atoms with Crippen LogP contribution in [0.25, 0.3) is 6.08 Å². The van der Waals surface area contributed by atoms with Gasteiger partial charge in [0.05, 0.1) is 0 Å². The number of hydrogen-bond donors (Lipinski definition) is 1. The summed E-state index contributed by atoms with van der Waals surface area (Å²) in [7, 11) is 0. The van der Waals surface area contributed by atoms with Crippen LogP contribution in [0.1, 0.15) is 38.2 Å². The van der Waals surface area contributed by atoms with Crippen molar-refractivity contribution < 1.29 is 9.90 Å². The van der Waals surface area contributed by atoms with Gasteiger partial charge in [0.1, 0.15) is 6.10 Å². The predicted molar refractivity (Wildman–Crippen MR) is 85.1 cm³/mol. The first kappa shape index (κ1) is 17.2. The Kier molecular flexibility index (Phi) is 7.28. The minimum Gasteiger partial charge on any atom is -0.385 e. The molecule has 20 heavy (non-hydrogen) atoms. The molecule has 1 aromatic carbocycles. The van der Waals surface area contributed by atoms with Gasteiger partial charge in [-0.1, -0.05) is 85.5 Å². The first-order valence-corrected chi connectivity index (χ1v) is 7.56. The minimum absolute atomic E-state index is 0.289. The molecule has 0 heterocycles. The first-order chi connectivity index (χ1) is 9.48. The number of aliphatic hydroxyl groups excluding tert-OH is 1. The molecule has 0 saturated heterocycles. The summed E-state index contributed by atoms with van der Waals surface area (Å²) in [6.45, 7) is 2.05. The molecule has 1 N–H and O–H groups in total. The van der Waals surface area contributed by atoms with Crippen molar-refractivity contribution in [3.63, 3.8) is 0 Å². The van der Waals surface area contributed by atoms with Gasteiger partial charge in [0, 0.05) is 6.42 Å². The molecule has 0 aliphatic rings. The smallest absolute Gasteiger partial charge is 0.204 e. The summed E-state index contributed by atoms with van der Waals surface area (Å²) in [5.41, 5.74) is 0.911. The van der Waals surface area contributed by atoms with E-state index in [4.69, 9.17) is 23.2 Å². The molecular weight excluding hydrogens is 295 g/mol. The normalized spacial score (nSPS) is 13.6. The quantitative estimate of drug-likeness (QED) is 0.571. The molecule has 110 valence electrons. The van der Waals surface area contributed by atoms with E-state index in [-0.39, 0.29) is 12.2 Å². The number of ketones is 1. The first-order valence-electron chi connectivity index (χ1n) is 6.81. The highest BCUT2D eigenvalue weighted by Gasteiger charge is 2.39. The lowest BCUT2D eigenvalue weighted by Gasteiger charge is -2.22. The van der Waals surface area contributed by atoms with Crippen LogP contribution in [-0.4, -0.2) is 21.3 Å². The lowest BCUT2D eigenvalue weighted by atomic mass is 10.0. The lowest BCUT2D eigenvalue weighted by Crippen LogP contribution is -2.38. The molecule has 0 saturated carbocycles. The Balaban J connectivity index is 2.62. The number of aliphatic hydroxyl groups is 1. The van der Waals surface area contributed by atoms with Gasteiger partial charge in [-0.2, -0.15) is 0 Å². The number of rotatable bonds is 8. The van der Waals surface area contributed by atoms with Crippen molar-refractivity contribution in [1.82, 2.24) is 0 Å². The van der Waals surface area contributed by atoms with Gasteiger partial charge in [-0.3, -0.25) is 4.79 Å². The number of carbonyl (C=O) groups excluding carboxylic acids is 1. The number of hydrogen-bond acceptors (Lipinski definition) is 2. The van der Waals surface area contributed by atoms with E-state index in [9.17, 15) is 9.90 Å². The van der Waals surface area contributed by atoms with Gasteiger partial charge in [-0.05, 0) is 12.0 Å². The third-order valence-electron chi connectivity index (χ3n) is 3.02. The summed E-state index contributed by atoms with van der Waals surface area (Å²) in [6.07, 6.45) is 4.92. The summed E-state index contributed by atoms with van der Waals surface area (Å²) in [5.74, 6) is -0.334. The summed E-state index contributed by atoms with van der Waals surface area (Å²) >= 11 is 12.0. The highest BCUT2D eigenvalue weighted by Crippen LogP contribution is 2.30. The van der Waals surface area contributed by atoms with Crippen molar-refractivity contribution in [2.24, 2.45) is 0 Å². The van der Waals surface area contributed by atoms with E-state index in [1.807, 2.05) is 30.3 Å². The van der Waals surface area contributed by atoms with Crippen LogP contribution in [-0.2, 0) is 4.79 Å². The van der Waals surface area contributed by atoms with Crippen molar-refractivity contribution in [1.29, 1.82) is 0 Å². The second-order valence-corrected chi connectivity index (χ2v) is 6.10. The fraction of sp³-hybridized carbons (Fsp3) is 0.438. The van der Waals surface area contributed by atoms with Gasteiger partial charge < -0.3 is 5.11 Å². The van der Waals surface area contributed by atoms with Gasteiger partial charge in [-0.25, -0.2) is 0 Å². The Hall–Kier alpha value is -0.830. The number of alkyl halides is 2. The summed E-state index contributed by atoms with van der Waals surface area (Å²) in [6, 6.07) is 9.44. The van der Waals surface area contributed by atoms with Crippen molar-refractivity contribution >= 4 is 35.1 Å². The van der Waals surface area contributed by atoms with Crippen molar-refractivity contribution in [2.45, 2.75) is 43.0 Å². The van der Waals surface area contributed by atoms with Crippen LogP contribution in [0.4, 0.5) is 0 Å². The van der Waals surface area contributed by atoms with E-state index >= 15 is 0 Å². The van der Waals surface area contributed by atoms with Gasteiger partial charge in [0.15, 0.2) is 5.78 Å². The molecule has 0 aromatic heterocycles. The molecule has 0 aliphatic carbocycles. The Morgan fingerprint density at radius 3 is 2.55 bits per heavy atom. The van der Waals surface area contributed by atoms with Gasteiger partial charge in [-0.15, -0.1) is 0 Å². The van der Waals surface area contributed by atoms with Crippen LogP contribution in [0.2, 0.25) is 0 Å². The molecule has 1 atom stereocenters. The summed E-state index contributed by atoms with van der Waals surface area (Å²) < 4.78 is -1.78. The van der Waals surface area contributed by atoms with E-state index in [0.717, 1.165) is 24.8 Å². The Labute approximate surface area is 130 Å². The van der Waals surface area contributed by atoms with Gasteiger partial charge >= 0.3 is 0 Å².